The van der Waals surface area contributed by atoms with E-state index >= 15 is 0 Å². The van der Waals surface area contributed by atoms with Crippen LogP contribution in [0.4, 0.5) is 0 Å². The Morgan fingerprint density at radius 2 is 2.20 bits per heavy atom. The summed E-state index contributed by atoms with van der Waals surface area (Å²) in [6.45, 7) is 1.40. The predicted octanol–water partition coefficient (Wildman–Crippen LogP) is 2.38. The molecule has 0 saturated heterocycles. The average Bonchev–Trinajstić information content (AvgIpc) is 2.89. The van der Waals surface area contributed by atoms with Crippen molar-refractivity contribution in [2.24, 2.45) is 11.7 Å². The number of rotatable bonds is 8. The maximum atomic E-state index is 11.3. The number of hydrogen-bond acceptors (Lipinski definition) is 3. The Labute approximate surface area is 119 Å². The summed E-state index contributed by atoms with van der Waals surface area (Å²) in [7, 11) is 0. The first-order valence-corrected chi connectivity index (χ1v) is 7.38. The van der Waals surface area contributed by atoms with E-state index in [1.54, 1.807) is 0 Å². The third kappa shape index (κ3) is 3.97. The van der Waals surface area contributed by atoms with Crippen molar-refractivity contribution in [3.05, 3.63) is 29.3 Å². The van der Waals surface area contributed by atoms with Crippen LogP contribution in [0.2, 0.25) is 0 Å². The van der Waals surface area contributed by atoms with Gasteiger partial charge >= 0.3 is 5.97 Å². The summed E-state index contributed by atoms with van der Waals surface area (Å²) >= 11 is 0. The lowest BCUT2D eigenvalue weighted by Crippen LogP contribution is -2.15. The molecule has 1 atom stereocenters. The molecule has 1 aliphatic rings. The molecule has 0 aromatic heterocycles. The summed E-state index contributed by atoms with van der Waals surface area (Å²) in [5.41, 5.74) is 7.90. The number of ether oxygens (including phenoxy) is 1. The minimum absolute atomic E-state index is 0.258. The number of carboxylic acid groups (broad SMARTS) is 1. The summed E-state index contributed by atoms with van der Waals surface area (Å²) in [6, 6.07) is 6.20. The van der Waals surface area contributed by atoms with Gasteiger partial charge < -0.3 is 15.6 Å². The molecule has 4 heteroatoms. The van der Waals surface area contributed by atoms with E-state index < -0.39 is 5.97 Å². The van der Waals surface area contributed by atoms with Crippen molar-refractivity contribution in [2.45, 2.75) is 38.5 Å². The minimum atomic E-state index is -0.688. The lowest BCUT2D eigenvalue weighted by atomic mass is 9.94. The molecule has 1 unspecified atom stereocenters. The van der Waals surface area contributed by atoms with Crippen LogP contribution in [0.25, 0.3) is 0 Å². The maximum absolute atomic E-state index is 11.3. The fraction of sp³-hybridized carbons (Fsp3) is 0.562. The second-order valence-electron chi connectivity index (χ2n) is 5.40. The molecular formula is C16H23NO3. The van der Waals surface area contributed by atoms with Crippen LogP contribution in [0.15, 0.2) is 18.2 Å². The van der Waals surface area contributed by atoms with Gasteiger partial charge in [0, 0.05) is 6.42 Å². The van der Waals surface area contributed by atoms with Gasteiger partial charge in [0.25, 0.3) is 0 Å². The number of carbonyl (C=O) groups is 1. The van der Waals surface area contributed by atoms with Crippen LogP contribution in [0.3, 0.4) is 0 Å². The van der Waals surface area contributed by atoms with E-state index in [1.165, 1.54) is 11.1 Å². The zero-order valence-corrected chi connectivity index (χ0v) is 11.8. The van der Waals surface area contributed by atoms with Gasteiger partial charge in [-0.1, -0.05) is 18.6 Å². The highest BCUT2D eigenvalue weighted by Gasteiger charge is 2.17. The molecule has 1 aliphatic heterocycles. The van der Waals surface area contributed by atoms with Crippen LogP contribution in [0.5, 0.6) is 5.75 Å². The molecule has 3 N–H and O–H groups in total. The van der Waals surface area contributed by atoms with E-state index in [2.05, 4.69) is 6.07 Å². The highest BCUT2D eigenvalue weighted by molar-refractivity contribution is 5.69. The van der Waals surface area contributed by atoms with Gasteiger partial charge in [-0.05, 0) is 49.4 Å². The number of fused-ring (bicyclic) bond motifs is 1. The van der Waals surface area contributed by atoms with Crippen molar-refractivity contribution >= 4 is 5.97 Å². The zero-order chi connectivity index (χ0) is 14.4. The van der Waals surface area contributed by atoms with Crippen LogP contribution >= 0.6 is 0 Å². The van der Waals surface area contributed by atoms with E-state index in [4.69, 9.17) is 10.5 Å². The Morgan fingerprint density at radius 3 is 2.95 bits per heavy atom. The summed E-state index contributed by atoms with van der Waals surface area (Å²) in [6.07, 6.45) is 4.99. The Balaban J connectivity index is 1.87. The number of carboxylic acids is 1. The Bertz CT molecular complexity index is 459. The van der Waals surface area contributed by atoms with E-state index in [0.717, 1.165) is 44.5 Å². The summed E-state index contributed by atoms with van der Waals surface area (Å²) < 4.78 is 5.48. The standard InChI is InChI=1S/C16H23NO3/c17-9-2-1-3-13(16(18)19)6-4-12-5-7-15-14(11-12)8-10-20-15/h5,7,11,13H,1-4,6,8-10,17H2,(H,18,19). The normalized spacial score (nSPS) is 14.7. The topological polar surface area (TPSA) is 72.5 Å². The lowest BCUT2D eigenvalue weighted by molar-refractivity contribution is -0.142. The van der Waals surface area contributed by atoms with Gasteiger partial charge in [-0.3, -0.25) is 4.79 Å². The number of unbranched alkanes of at least 4 members (excludes halogenated alkanes) is 1. The van der Waals surface area contributed by atoms with Gasteiger partial charge in [0.1, 0.15) is 5.75 Å². The number of aliphatic carboxylic acids is 1. The van der Waals surface area contributed by atoms with E-state index in [-0.39, 0.29) is 5.92 Å². The van der Waals surface area contributed by atoms with Gasteiger partial charge in [-0.2, -0.15) is 0 Å². The van der Waals surface area contributed by atoms with Crippen LogP contribution in [0, 0.1) is 5.92 Å². The van der Waals surface area contributed by atoms with Crippen molar-refractivity contribution in [2.75, 3.05) is 13.2 Å². The SMILES string of the molecule is NCCCCC(CCc1ccc2c(c1)CCO2)C(=O)O. The second-order valence-corrected chi connectivity index (χ2v) is 5.40. The van der Waals surface area contributed by atoms with Crippen molar-refractivity contribution in [1.82, 2.24) is 0 Å². The van der Waals surface area contributed by atoms with Crippen molar-refractivity contribution in [3.63, 3.8) is 0 Å². The molecule has 4 nitrogen and oxygen atoms in total. The number of aryl methyl sites for hydroxylation is 1. The number of nitrogens with two attached hydrogens (primary N) is 1. The largest absolute Gasteiger partial charge is 0.493 e. The molecular weight excluding hydrogens is 254 g/mol. The molecule has 0 radical (unpaired) electrons. The molecule has 0 bridgehead atoms. The Kier molecular flexibility index (Phi) is 5.41. The summed E-state index contributed by atoms with van der Waals surface area (Å²) in [5.74, 6) is 0.0315. The van der Waals surface area contributed by atoms with Gasteiger partial charge in [0.15, 0.2) is 0 Å². The zero-order valence-electron chi connectivity index (χ0n) is 11.8. The number of hydrogen-bond donors (Lipinski definition) is 2. The molecule has 2 rings (SSSR count). The average molecular weight is 277 g/mol. The molecule has 0 saturated carbocycles. The predicted molar refractivity (Wildman–Crippen MR) is 78.0 cm³/mol. The fourth-order valence-corrected chi connectivity index (χ4v) is 2.66. The van der Waals surface area contributed by atoms with E-state index in [1.807, 2.05) is 12.1 Å². The molecule has 0 amide bonds. The molecule has 1 aromatic rings. The van der Waals surface area contributed by atoms with Gasteiger partial charge in [0.05, 0.1) is 12.5 Å². The highest BCUT2D eigenvalue weighted by atomic mass is 16.5. The summed E-state index contributed by atoms with van der Waals surface area (Å²) in [5, 5.41) is 9.25. The second kappa shape index (κ2) is 7.29. The fourth-order valence-electron chi connectivity index (χ4n) is 2.66. The van der Waals surface area contributed by atoms with Gasteiger partial charge in [-0.25, -0.2) is 0 Å². The molecule has 0 spiro atoms. The molecule has 20 heavy (non-hydrogen) atoms. The van der Waals surface area contributed by atoms with Crippen molar-refractivity contribution in [3.8, 4) is 5.75 Å². The Hall–Kier alpha value is -1.55. The quantitative estimate of drug-likeness (QED) is 0.716. The van der Waals surface area contributed by atoms with Crippen molar-refractivity contribution in [1.29, 1.82) is 0 Å². The third-order valence-corrected chi connectivity index (χ3v) is 3.89. The van der Waals surface area contributed by atoms with Crippen LogP contribution < -0.4 is 10.5 Å². The van der Waals surface area contributed by atoms with Gasteiger partial charge in [-0.15, -0.1) is 0 Å². The molecule has 1 aromatic carbocycles. The minimum Gasteiger partial charge on any atom is -0.493 e. The summed E-state index contributed by atoms with van der Waals surface area (Å²) in [4.78, 5) is 11.3. The molecule has 0 fully saturated rings. The van der Waals surface area contributed by atoms with E-state index in [0.29, 0.717) is 13.0 Å². The van der Waals surface area contributed by atoms with Crippen molar-refractivity contribution < 1.29 is 14.6 Å². The van der Waals surface area contributed by atoms with Crippen LogP contribution in [0.1, 0.15) is 36.8 Å². The van der Waals surface area contributed by atoms with Crippen LogP contribution in [-0.2, 0) is 17.6 Å². The lowest BCUT2D eigenvalue weighted by Gasteiger charge is -2.12. The first-order chi connectivity index (χ1) is 9.70. The highest BCUT2D eigenvalue weighted by Crippen LogP contribution is 2.27. The first kappa shape index (κ1) is 14.9. The molecule has 0 aliphatic carbocycles. The van der Waals surface area contributed by atoms with E-state index in [9.17, 15) is 9.90 Å². The van der Waals surface area contributed by atoms with Crippen LogP contribution in [-0.4, -0.2) is 24.2 Å². The maximum Gasteiger partial charge on any atom is 0.306 e. The monoisotopic (exact) mass is 277 g/mol. The smallest absolute Gasteiger partial charge is 0.306 e. The van der Waals surface area contributed by atoms with Gasteiger partial charge in [0.2, 0.25) is 0 Å². The number of benzene rings is 1. The molecule has 1 heterocycles. The molecule has 110 valence electrons. The Morgan fingerprint density at radius 1 is 1.35 bits per heavy atom. The first-order valence-electron chi connectivity index (χ1n) is 7.38. The third-order valence-electron chi connectivity index (χ3n) is 3.89.